The number of carbonyl (C=O) groups excluding carboxylic acids is 1. The molecule has 1 aromatic carbocycles. The van der Waals surface area contributed by atoms with Crippen LogP contribution in [-0.4, -0.2) is 23.2 Å². The number of amides is 1. The quantitative estimate of drug-likeness (QED) is 0.909. The highest BCUT2D eigenvalue weighted by Crippen LogP contribution is 2.34. The molecule has 0 aliphatic heterocycles. The summed E-state index contributed by atoms with van der Waals surface area (Å²) >= 11 is 0. The molecule has 1 aliphatic carbocycles. The molecule has 1 saturated carbocycles. The summed E-state index contributed by atoms with van der Waals surface area (Å²) in [6.07, 6.45) is 2.45. The highest BCUT2D eigenvalue weighted by Gasteiger charge is 2.38. The number of benzene rings is 1. The number of rotatable bonds is 3. The number of carbonyl (C=O) groups is 1. The fourth-order valence-corrected chi connectivity index (χ4v) is 3.05. The molecule has 2 atom stereocenters. The van der Waals surface area contributed by atoms with Crippen molar-refractivity contribution in [3.8, 4) is 0 Å². The standard InChI is InChI=1S/C17H18FNO4/c1-10-3-2-6-17(10,22)9-19-16(21)15-8-13(20)12-5-4-11(18)7-14(12)23-15/h4-5,7-8,10,22H,2-3,6,9H2,1H3,(H,19,21). The Kier molecular flexibility index (Phi) is 3.93. The molecule has 1 aliphatic rings. The number of hydrogen-bond donors (Lipinski definition) is 2. The normalized spacial score (nSPS) is 24.0. The van der Waals surface area contributed by atoms with Gasteiger partial charge >= 0.3 is 0 Å². The van der Waals surface area contributed by atoms with Gasteiger partial charge in [0.25, 0.3) is 5.91 Å². The van der Waals surface area contributed by atoms with Gasteiger partial charge in [-0.1, -0.05) is 13.3 Å². The molecule has 1 aromatic heterocycles. The van der Waals surface area contributed by atoms with Gasteiger partial charge < -0.3 is 14.8 Å². The van der Waals surface area contributed by atoms with Crippen LogP contribution in [0.3, 0.4) is 0 Å². The third kappa shape index (κ3) is 2.99. The monoisotopic (exact) mass is 319 g/mol. The van der Waals surface area contributed by atoms with Gasteiger partial charge in [0, 0.05) is 18.7 Å². The van der Waals surface area contributed by atoms with E-state index in [1.807, 2.05) is 6.92 Å². The van der Waals surface area contributed by atoms with Gasteiger partial charge in [0.15, 0.2) is 11.2 Å². The van der Waals surface area contributed by atoms with Gasteiger partial charge in [-0.15, -0.1) is 0 Å². The van der Waals surface area contributed by atoms with Crippen molar-refractivity contribution < 1.29 is 18.7 Å². The number of fused-ring (bicyclic) bond motifs is 1. The molecule has 3 rings (SSSR count). The van der Waals surface area contributed by atoms with E-state index in [4.69, 9.17) is 4.42 Å². The summed E-state index contributed by atoms with van der Waals surface area (Å²) in [7, 11) is 0. The van der Waals surface area contributed by atoms with Crippen molar-refractivity contribution >= 4 is 16.9 Å². The van der Waals surface area contributed by atoms with Crippen LogP contribution in [0, 0.1) is 11.7 Å². The first-order valence-electron chi connectivity index (χ1n) is 7.63. The highest BCUT2D eigenvalue weighted by molar-refractivity contribution is 5.93. The van der Waals surface area contributed by atoms with E-state index in [1.165, 1.54) is 6.07 Å². The summed E-state index contributed by atoms with van der Waals surface area (Å²) in [4.78, 5) is 24.2. The number of nitrogens with one attached hydrogen (secondary N) is 1. The second-order valence-electron chi connectivity index (χ2n) is 6.19. The Bertz CT molecular complexity index is 816. The summed E-state index contributed by atoms with van der Waals surface area (Å²) in [6, 6.07) is 4.63. The molecule has 0 spiro atoms. The molecule has 1 fully saturated rings. The van der Waals surface area contributed by atoms with Gasteiger partial charge in [-0.2, -0.15) is 0 Å². The minimum atomic E-state index is -0.932. The summed E-state index contributed by atoms with van der Waals surface area (Å²) in [6.45, 7) is 2.04. The van der Waals surface area contributed by atoms with Crippen LogP contribution < -0.4 is 10.7 Å². The van der Waals surface area contributed by atoms with E-state index in [2.05, 4.69) is 5.32 Å². The Balaban J connectivity index is 1.82. The van der Waals surface area contributed by atoms with Gasteiger partial charge in [-0.05, 0) is 30.9 Å². The first kappa shape index (κ1) is 15.7. The summed E-state index contributed by atoms with van der Waals surface area (Å²) < 4.78 is 18.6. The molecule has 2 N–H and O–H groups in total. The molecule has 1 amide bonds. The lowest BCUT2D eigenvalue weighted by molar-refractivity contribution is 0.00988. The fourth-order valence-electron chi connectivity index (χ4n) is 3.05. The van der Waals surface area contributed by atoms with E-state index < -0.39 is 22.8 Å². The molecule has 1 heterocycles. The van der Waals surface area contributed by atoms with Crippen LogP contribution in [0.4, 0.5) is 4.39 Å². The Labute approximate surface area is 132 Å². The second-order valence-corrected chi connectivity index (χ2v) is 6.19. The maximum atomic E-state index is 13.3. The van der Waals surface area contributed by atoms with Crippen LogP contribution in [0.2, 0.25) is 0 Å². The lowest BCUT2D eigenvalue weighted by atomic mass is 9.92. The van der Waals surface area contributed by atoms with Crippen molar-refractivity contribution in [3.63, 3.8) is 0 Å². The summed E-state index contributed by atoms with van der Waals surface area (Å²) in [5.74, 6) is -1.24. The third-order valence-electron chi connectivity index (χ3n) is 4.63. The Morgan fingerprint density at radius 3 is 2.96 bits per heavy atom. The predicted molar refractivity (Wildman–Crippen MR) is 82.7 cm³/mol. The zero-order valence-electron chi connectivity index (χ0n) is 12.8. The molecule has 2 aromatic rings. The topological polar surface area (TPSA) is 79.5 Å². The van der Waals surface area contributed by atoms with Crippen LogP contribution in [0.15, 0.2) is 33.5 Å². The molecule has 122 valence electrons. The molecule has 6 heteroatoms. The van der Waals surface area contributed by atoms with E-state index in [1.54, 1.807) is 0 Å². The first-order valence-corrected chi connectivity index (χ1v) is 7.63. The highest BCUT2D eigenvalue weighted by atomic mass is 19.1. The SMILES string of the molecule is CC1CCCC1(O)CNC(=O)c1cc(=O)c2ccc(F)cc2o1. The molecule has 0 bridgehead atoms. The fraction of sp³-hybridized carbons (Fsp3) is 0.412. The molecule has 2 unspecified atom stereocenters. The van der Waals surface area contributed by atoms with Gasteiger partial charge in [-0.3, -0.25) is 9.59 Å². The predicted octanol–water partition coefficient (Wildman–Crippen LogP) is 2.21. The van der Waals surface area contributed by atoms with E-state index >= 15 is 0 Å². The van der Waals surface area contributed by atoms with Crippen LogP contribution in [0.25, 0.3) is 11.0 Å². The largest absolute Gasteiger partial charge is 0.451 e. The van der Waals surface area contributed by atoms with E-state index in [0.29, 0.717) is 6.42 Å². The molecule has 5 nitrogen and oxygen atoms in total. The van der Waals surface area contributed by atoms with E-state index in [0.717, 1.165) is 31.0 Å². The molecular formula is C17H18FNO4. The lowest BCUT2D eigenvalue weighted by Gasteiger charge is -2.27. The van der Waals surface area contributed by atoms with Gasteiger partial charge in [0.1, 0.15) is 11.4 Å². The maximum Gasteiger partial charge on any atom is 0.287 e. The minimum absolute atomic E-state index is 0.0237. The number of hydrogen-bond acceptors (Lipinski definition) is 4. The van der Waals surface area contributed by atoms with Crippen LogP contribution in [0.1, 0.15) is 36.7 Å². The summed E-state index contributed by atoms with van der Waals surface area (Å²) in [5.41, 5.74) is -1.32. The zero-order chi connectivity index (χ0) is 16.6. The van der Waals surface area contributed by atoms with Crippen LogP contribution in [0.5, 0.6) is 0 Å². The molecule has 0 saturated heterocycles. The van der Waals surface area contributed by atoms with E-state index in [9.17, 15) is 19.1 Å². The maximum absolute atomic E-state index is 13.3. The van der Waals surface area contributed by atoms with Crippen molar-refractivity contribution in [2.75, 3.05) is 6.54 Å². The molecular weight excluding hydrogens is 301 g/mol. The van der Waals surface area contributed by atoms with E-state index in [-0.39, 0.29) is 29.2 Å². The smallest absolute Gasteiger partial charge is 0.287 e. The van der Waals surface area contributed by atoms with Gasteiger partial charge in [0.2, 0.25) is 0 Å². The average molecular weight is 319 g/mol. The first-order chi connectivity index (χ1) is 10.9. The number of aliphatic hydroxyl groups is 1. The molecule has 0 radical (unpaired) electrons. The Morgan fingerprint density at radius 2 is 2.26 bits per heavy atom. The second kappa shape index (κ2) is 5.77. The minimum Gasteiger partial charge on any atom is -0.451 e. The summed E-state index contributed by atoms with van der Waals surface area (Å²) in [5, 5.41) is 13.3. The average Bonchev–Trinajstić information content (AvgIpc) is 2.84. The molecule has 23 heavy (non-hydrogen) atoms. The Hall–Kier alpha value is -2.21. The number of halogens is 1. The van der Waals surface area contributed by atoms with Crippen LogP contribution in [-0.2, 0) is 0 Å². The van der Waals surface area contributed by atoms with Crippen molar-refractivity contribution in [2.24, 2.45) is 5.92 Å². The van der Waals surface area contributed by atoms with Crippen molar-refractivity contribution in [3.05, 3.63) is 46.1 Å². The lowest BCUT2D eigenvalue weighted by Crippen LogP contribution is -2.44. The van der Waals surface area contributed by atoms with Crippen LogP contribution >= 0.6 is 0 Å². The van der Waals surface area contributed by atoms with Crippen molar-refractivity contribution in [1.29, 1.82) is 0 Å². The van der Waals surface area contributed by atoms with Gasteiger partial charge in [-0.25, -0.2) is 4.39 Å². The Morgan fingerprint density at radius 1 is 1.48 bits per heavy atom. The van der Waals surface area contributed by atoms with Gasteiger partial charge in [0.05, 0.1) is 11.0 Å². The third-order valence-corrected chi connectivity index (χ3v) is 4.63. The van der Waals surface area contributed by atoms with Crippen molar-refractivity contribution in [1.82, 2.24) is 5.32 Å². The van der Waals surface area contributed by atoms with Crippen molar-refractivity contribution in [2.45, 2.75) is 31.8 Å². The zero-order valence-corrected chi connectivity index (χ0v) is 12.8.